The summed E-state index contributed by atoms with van der Waals surface area (Å²) in [4.78, 5) is 11.4. The van der Waals surface area contributed by atoms with E-state index in [0.717, 1.165) is 24.0 Å². The van der Waals surface area contributed by atoms with Crippen molar-refractivity contribution in [2.45, 2.75) is 12.8 Å². The van der Waals surface area contributed by atoms with Crippen LogP contribution in [-0.2, 0) is 4.79 Å². The molecule has 0 unspecified atom stereocenters. The van der Waals surface area contributed by atoms with Crippen molar-refractivity contribution in [2.75, 3.05) is 0 Å². The molecule has 0 spiro atoms. The predicted molar refractivity (Wildman–Crippen MR) is 57.8 cm³/mol. The largest absolute Gasteiger partial charge is 0.290 e. The van der Waals surface area contributed by atoms with Crippen LogP contribution in [0, 0.1) is 0 Å². The summed E-state index contributed by atoms with van der Waals surface area (Å²) in [5.41, 5.74) is 2.02. The van der Waals surface area contributed by atoms with E-state index in [1.165, 1.54) is 0 Å². The van der Waals surface area contributed by atoms with Crippen molar-refractivity contribution in [2.24, 2.45) is 0 Å². The summed E-state index contributed by atoms with van der Waals surface area (Å²) < 4.78 is 0. The van der Waals surface area contributed by atoms with Gasteiger partial charge in [0, 0.05) is 5.57 Å². The van der Waals surface area contributed by atoms with E-state index in [4.69, 9.17) is 0 Å². The van der Waals surface area contributed by atoms with Crippen LogP contribution in [0.5, 0.6) is 0 Å². The Morgan fingerprint density at radius 3 is 2.64 bits per heavy atom. The number of rotatable bonds is 1. The van der Waals surface area contributed by atoms with Gasteiger partial charge in [-0.05, 0) is 30.6 Å². The van der Waals surface area contributed by atoms with Crippen LogP contribution in [0.15, 0.2) is 48.1 Å². The van der Waals surface area contributed by atoms with Crippen LogP contribution < -0.4 is 0 Å². The van der Waals surface area contributed by atoms with Crippen molar-refractivity contribution in [1.82, 2.24) is 0 Å². The Balaban J connectivity index is 2.27. The molecule has 2 rings (SSSR count). The second kappa shape index (κ2) is 4.05. The first kappa shape index (κ1) is 8.95. The summed E-state index contributed by atoms with van der Waals surface area (Å²) >= 11 is 0. The lowest BCUT2D eigenvalue weighted by atomic mass is 9.97. The molecule has 0 saturated heterocycles. The molecule has 1 heteroatoms. The minimum atomic E-state index is 0.153. The fourth-order valence-corrected chi connectivity index (χ4v) is 1.55. The quantitative estimate of drug-likeness (QED) is 0.613. The monoisotopic (exact) mass is 184 g/mol. The van der Waals surface area contributed by atoms with Gasteiger partial charge in [-0.2, -0.15) is 0 Å². The highest BCUT2D eigenvalue weighted by Gasteiger charge is 2.08. The van der Waals surface area contributed by atoms with Gasteiger partial charge in [-0.25, -0.2) is 0 Å². The number of hydrogen-bond acceptors (Lipinski definition) is 1. The molecule has 0 heterocycles. The number of benzene rings is 1. The van der Waals surface area contributed by atoms with Crippen LogP contribution in [0.3, 0.4) is 0 Å². The Morgan fingerprint density at radius 2 is 1.93 bits per heavy atom. The Kier molecular flexibility index (Phi) is 2.59. The zero-order chi connectivity index (χ0) is 9.80. The van der Waals surface area contributed by atoms with Crippen LogP contribution in [-0.4, -0.2) is 5.78 Å². The van der Waals surface area contributed by atoms with Crippen molar-refractivity contribution < 1.29 is 4.79 Å². The molecule has 1 aromatic rings. The van der Waals surface area contributed by atoms with E-state index in [9.17, 15) is 4.79 Å². The van der Waals surface area contributed by atoms with Crippen molar-refractivity contribution in [3.63, 3.8) is 0 Å². The van der Waals surface area contributed by atoms with Crippen LogP contribution in [0.4, 0.5) is 0 Å². The van der Waals surface area contributed by atoms with Crippen LogP contribution >= 0.6 is 0 Å². The molecule has 70 valence electrons. The Bertz CT molecular complexity index is 385. The highest BCUT2D eigenvalue weighted by atomic mass is 16.1. The molecule has 1 nitrogen and oxygen atoms in total. The van der Waals surface area contributed by atoms with Crippen molar-refractivity contribution in [1.29, 1.82) is 0 Å². The molecule has 1 aliphatic rings. The highest BCUT2D eigenvalue weighted by molar-refractivity contribution is 6.07. The first-order valence-corrected chi connectivity index (χ1v) is 4.83. The van der Waals surface area contributed by atoms with Crippen molar-refractivity contribution in [3.05, 3.63) is 53.6 Å². The molecule has 14 heavy (non-hydrogen) atoms. The Hall–Kier alpha value is -1.63. The van der Waals surface area contributed by atoms with Gasteiger partial charge >= 0.3 is 0 Å². The highest BCUT2D eigenvalue weighted by Crippen LogP contribution is 2.17. The number of carbonyl (C=O) groups excluding carboxylic acids is 1. The molecule has 1 aliphatic carbocycles. The van der Waals surface area contributed by atoms with Gasteiger partial charge < -0.3 is 0 Å². The van der Waals surface area contributed by atoms with Gasteiger partial charge in [0.15, 0.2) is 5.78 Å². The van der Waals surface area contributed by atoms with Crippen LogP contribution in [0.2, 0.25) is 0 Å². The summed E-state index contributed by atoms with van der Waals surface area (Å²) in [6.45, 7) is 0. The standard InChI is InChI=1S/C13H12O/c14-13-9-5-4-8-12(13)10-11-6-2-1-3-7-11/h1-3,5-7,9-10H,4,8H2/b12-10+. The smallest absolute Gasteiger partial charge is 0.181 e. The number of carbonyl (C=O) groups is 1. The lowest BCUT2D eigenvalue weighted by molar-refractivity contribution is -0.111. The zero-order valence-electron chi connectivity index (χ0n) is 7.94. The van der Waals surface area contributed by atoms with Gasteiger partial charge in [-0.15, -0.1) is 0 Å². The van der Waals surface area contributed by atoms with Gasteiger partial charge in [0.2, 0.25) is 0 Å². The number of hydrogen-bond donors (Lipinski definition) is 0. The number of allylic oxidation sites excluding steroid dienone is 3. The van der Waals surface area contributed by atoms with Crippen molar-refractivity contribution >= 4 is 11.9 Å². The summed E-state index contributed by atoms with van der Waals surface area (Å²) in [6.07, 6.45) is 7.42. The minimum absolute atomic E-state index is 0.153. The molecular weight excluding hydrogens is 172 g/mol. The number of ketones is 1. The average molecular weight is 184 g/mol. The SMILES string of the molecule is O=C1C=CCC/C1=C\c1ccccc1. The molecule has 0 radical (unpaired) electrons. The molecule has 0 atom stereocenters. The molecular formula is C13H12O. The van der Waals surface area contributed by atoms with E-state index >= 15 is 0 Å². The van der Waals surface area contributed by atoms with Gasteiger partial charge in [0.1, 0.15) is 0 Å². The van der Waals surface area contributed by atoms with Crippen molar-refractivity contribution in [3.8, 4) is 0 Å². The third-order valence-electron chi connectivity index (χ3n) is 2.31. The summed E-state index contributed by atoms with van der Waals surface area (Å²) in [5.74, 6) is 0.153. The molecule has 0 aromatic heterocycles. The van der Waals surface area contributed by atoms with Gasteiger partial charge in [0.05, 0.1) is 0 Å². The molecule has 0 fully saturated rings. The fraction of sp³-hybridized carbons (Fsp3) is 0.154. The molecule has 0 amide bonds. The second-order valence-corrected chi connectivity index (χ2v) is 3.39. The van der Waals surface area contributed by atoms with E-state index in [1.807, 2.05) is 42.5 Å². The van der Waals surface area contributed by atoms with Gasteiger partial charge in [-0.1, -0.05) is 36.4 Å². The van der Waals surface area contributed by atoms with Crippen LogP contribution in [0.25, 0.3) is 6.08 Å². The van der Waals surface area contributed by atoms with Gasteiger partial charge in [-0.3, -0.25) is 4.79 Å². The van der Waals surface area contributed by atoms with E-state index < -0.39 is 0 Å². The van der Waals surface area contributed by atoms with E-state index in [-0.39, 0.29) is 5.78 Å². The summed E-state index contributed by atoms with van der Waals surface area (Å²) in [7, 11) is 0. The van der Waals surface area contributed by atoms with E-state index in [1.54, 1.807) is 6.08 Å². The fourth-order valence-electron chi connectivity index (χ4n) is 1.55. The Labute approximate surface area is 83.8 Å². The normalized spacial score (nSPS) is 18.9. The lowest BCUT2D eigenvalue weighted by Crippen LogP contribution is -2.02. The van der Waals surface area contributed by atoms with E-state index in [0.29, 0.717) is 0 Å². The third-order valence-corrected chi connectivity index (χ3v) is 2.31. The molecule has 0 bridgehead atoms. The lowest BCUT2D eigenvalue weighted by Gasteiger charge is -2.06. The molecule has 0 saturated carbocycles. The molecule has 0 aliphatic heterocycles. The molecule has 0 N–H and O–H groups in total. The predicted octanol–water partition coefficient (Wildman–Crippen LogP) is 2.99. The third kappa shape index (κ3) is 1.99. The second-order valence-electron chi connectivity index (χ2n) is 3.39. The maximum Gasteiger partial charge on any atom is 0.181 e. The average Bonchev–Trinajstić information content (AvgIpc) is 2.23. The summed E-state index contributed by atoms with van der Waals surface area (Å²) in [5, 5.41) is 0. The maximum absolute atomic E-state index is 11.4. The van der Waals surface area contributed by atoms with Gasteiger partial charge in [0.25, 0.3) is 0 Å². The summed E-state index contributed by atoms with van der Waals surface area (Å²) in [6, 6.07) is 9.97. The minimum Gasteiger partial charge on any atom is -0.290 e. The zero-order valence-corrected chi connectivity index (χ0v) is 7.94. The topological polar surface area (TPSA) is 17.1 Å². The first-order chi connectivity index (χ1) is 6.86. The first-order valence-electron chi connectivity index (χ1n) is 4.83. The maximum atomic E-state index is 11.4. The van der Waals surface area contributed by atoms with Crippen LogP contribution in [0.1, 0.15) is 18.4 Å². The Morgan fingerprint density at radius 1 is 1.14 bits per heavy atom. The van der Waals surface area contributed by atoms with E-state index in [2.05, 4.69) is 0 Å². The molecule has 1 aromatic carbocycles.